The molecule has 6 nitrogen and oxygen atoms in total. The number of nitrogen functional groups attached to an aromatic ring is 1. The van der Waals surface area contributed by atoms with Crippen LogP contribution in [0.5, 0.6) is 0 Å². The largest absolute Gasteiger partial charge is 0.396 e. The van der Waals surface area contributed by atoms with E-state index in [9.17, 15) is 4.79 Å². The molecule has 2 rings (SSSR count). The van der Waals surface area contributed by atoms with Gasteiger partial charge in [0.2, 0.25) is 0 Å². The number of nitrogens with zero attached hydrogens (tertiary/aromatic N) is 3. The number of aromatic nitrogens is 1. The molecule has 1 aromatic heterocycles. The van der Waals surface area contributed by atoms with Crippen molar-refractivity contribution in [3.63, 3.8) is 0 Å². The van der Waals surface area contributed by atoms with Crippen LogP contribution in [0.15, 0.2) is 18.3 Å². The number of hydrogen-bond donors (Lipinski definition) is 1. The maximum Gasteiger partial charge on any atom is 0.251 e. The Bertz CT molecular complexity index is 444. The molecule has 1 aromatic rings. The summed E-state index contributed by atoms with van der Waals surface area (Å²) >= 11 is 0. The van der Waals surface area contributed by atoms with Crippen LogP contribution in [0.4, 0.5) is 11.5 Å². The SMILES string of the molecule is COC(C)C(=O)N1CCN(c2ncccc2N)CC1. The van der Waals surface area contributed by atoms with Crippen LogP contribution >= 0.6 is 0 Å². The van der Waals surface area contributed by atoms with E-state index in [1.165, 1.54) is 0 Å². The van der Waals surface area contributed by atoms with E-state index in [0.29, 0.717) is 18.8 Å². The van der Waals surface area contributed by atoms with Crippen molar-refractivity contribution in [2.45, 2.75) is 13.0 Å². The number of ether oxygens (including phenoxy) is 1. The lowest BCUT2D eigenvalue weighted by atomic mass is 10.2. The first kappa shape index (κ1) is 13.6. The van der Waals surface area contributed by atoms with Crippen molar-refractivity contribution < 1.29 is 9.53 Å². The Labute approximate surface area is 113 Å². The van der Waals surface area contributed by atoms with Gasteiger partial charge in [-0.1, -0.05) is 0 Å². The quantitative estimate of drug-likeness (QED) is 0.852. The number of carbonyl (C=O) groups excluding carboxylic acids is 1. The maximum absolute atomic E-state index is 12.0. The molecule has 1 aliphatic rings. The number of rotatable bonds is 3. The average Bonchev–Trinajstić information content (AvgIpc) is 2.46. The van der Waals surface area contributed by atoms with Crippen LogP contribution in [0.3, 0.4) is 0 Å². The zero-order chi connectivity index (χ0) is 13.8. The van der Waals surface area contributed by atoms with Crippen molar-refractivity contribution in [2.24, 2.45) is 0 Å². The Morgan fingerprint density at radius 3 is 2.68 bits per heavy atom. The third-order valence-corrected chi connectivity index (χ3v) is 3.41. The molecule has 1 saturated heterocycles. The Morgan fingerprint density at radius 1 is 1.42 bits per heavy atom. The summed E-state index contributed by atoms with van der Waals surface area (Å²) in [7, 11) is 1.55. The van der Waals surface area contributed by atoms with E-state index in [4.69, 9.17) is 10.5 Å². The lowest BCUT2D eigenvalue weighted by molar-refractivity contribution is -0.141. The summed E-state index contributed by atoms with van der Waals surface area (Å²) in [6.07, 6.45) is 1.35. The number of amides is 1. The number of pyridine rings is 1. The van der Waals surface area contributed by atoms with E-state index >= 15 is 0 Å². The first-order valence-corrected chi connectivity index (χ1v) is 6.40. The third kappa shape index (κ3) is 2.96. The molecule has 0 saturated carbocycles. The van der Waals surface area contributed by atoms with Crippen LogP contribution < -0.4 is 10.6 Å². The molecule has 0 aromatic carbocycles. The van der Waals surface area contributed by atoms with Gasteiger partial charge in [-0.15, -0.1) is 0 Å². The summed E-state index contributed by atoms with van der Waals surface area (Å²) in [5.74, 6) is 0.838. The van der Waals surface area contributed by atoms with Gasteiger partial charge in [-0.2, -0.15) is 0 Å². The van der Waals surface area contributed by atoms with Crippen LogP contribution in [-0.4, -0.2) is 55.2 Å². The zero-order valence-electron chi connectivity index (χ0n) is 11.4. The maximum atomic E-state index is 12.0. The van der Waals surface area contributed by atoms with Crippen LogP contribution in [0, 0.1) is 0 Å². The monoisotopic (exact) mass is 264 g/mol. The highest BCUT2D eigenvalue weighted by Crippen LogP contribution is 2.20. The van der Waals surface area contributed by atoms with E-state index in [0.717, 1.165) is 18.9 Å². The minimum atomic E-state index is -0.383. The number of hydrogen-bond acceptors (Lipinski definition) is 5. The molecular formula is C13H20N4O2. The van der Waals surface area contributed by atoms with Gasteiger partial charge in [-0.05, 0) is 19.1 Å². The Kier molecular flexibility index (Phi) is 4.21. The minimum Gasteiger partial charge on any atom is -0.396 e. The van der Waals surface area contributed by atoms with Crippen LogP contribution in [-0.2, 0) is 9.53 Å². The number of anilines is 2. The number of methoxy groups -OCH3 is 1. The first-order valence-electron chi connectivity index (χ1n) is 6.40. The summed E-state index contributed by atoms with van der Waals surface area (Å²) < 4.78 is 5.06. The summed E-state index contributed by atoms with van der Waals surface area (Å²) in [4.78, 5) is 20.2. The molecule has 6 heteroatoms. The molecule has 104 valence electrons. The molecule has 2 N–H and O–H groups in total. The summed E-state index contributed by atoms with van der Waals surface area (Å²) in [6, 6.07) is 3.66. The van der Waals surface area contributed by atoms with E-state index in [2.05, 4.69) is 9.88 Å². The fourth-order valence-electron chi connectivity index (χ4n) is 2.17. The highest BCUT2D eigenvalue weighted by Gasteiger charge is 2.25. The number of carbonyl (C=O) groups is 1. The minimum absolute atomic E-state index is 0.0381. The third-order valence-electron chi connectivity index (χ3n) is 3.41. The van der Waals surface area contributed by atoms with Gasteiger partial charge in [0.15, 0.2) is 5.82 Å². The topological polar surface area (TPSA) is 71.7 Å². The molecule has 1 unspecified atom stereocenters. The van der Waals surface area contributed by atoms with Gasteiger partial charge in [0.05, 0.1) is 5.69 Å². The van der Waals surface area contributed by atoms with Gasteiger partial charge in [-0.3, -0.25) is 4.79 Å². The van der Waals surface area contributed by atoms with Crippen molar-refractivity contribution in [3.05, 3.63) is 18.3 Å². The average molecular weight is 264 g/mol. The normalized spacial score (nSPS) is 17.4. The number of nitrogens with two attached hydrogens (primary N) is 1. The van der Waals surface area contributed by atoms with E-state index < -0.39 is 0 Å². The van der Waals surface area contributed by atoms with E-state index in [1.54, 1.807) is 20.2 Å². The van der Waals surface area contributed by atoms with Crippen LogP contribution in [0.1, 0.15) is 6.92 Å². The van der Waals surface area contributed by atoms with Gasteiger partial charge in [0.1, 0.15) is 6.10 Å². The first-order chi connectivity index (χ1) is 9.13. The highest BCUT2D eigenvalue weighted by atomic mass is 16.5. The molecule has 19 heavy (non-hydrogen) atoms. The van der Waals surface area contributed by atoms with Crippen molar-refractivity contribution in [1.82, 2.24) is 9.88 Å². The lowest BCUT2D eigenvalue weighted by Crippen LogP contribution is -2.51. The number of piperazine rings is 1. The van der Waals surface area contributed by atoms with Crippen molar-refractivity contribution in [1.29, 1.82) is 0 Å². The Morgan fingerprint density at radius 2 is 2.11 bits per heavy atom. The fraction of sp³-hybridized carbons (Fsp3) is 0.538. The Balaban J connectivity index is 1.96. The Hall–Kier alpha value is -1.82. The van der Waals surface area contributed by atoms with Gasteiger partial charge in [0, 0.05) is 39.5 Å². The van der Waals surface area contributed by atoms with Crippen LogP contribution in [0.25, 0.3) is 0 Å². The molecule has 1 aliphatic heterocycles. The summed E-state index contributed by atoms with van der Waals surface area (Å²) in [6.45, 7) is 4.59. The van der Waals surface area contributed by atoms with Gasteiger partial charge in [-0.25, -0.2) is 4.98 Å². The van der Waals surface area contributed by atoms with Crippen LogP contribution in [0.2, 0.25) is 0 Å². The fourth-order valence-corrected chi connectivity index (χ4v) is 2.17. The highest BCUT2D eigenvalue weighted by molar-refractivity contribution is 5.80. The summed E-state index contributed by atoms with van der Waals surface area (Å²) in [5, 5.41) is 0. The molecule has 0 aliphatic carbocycles. The zero-order valence-corrected chi connectivity index (χ0v) is 11.4. The molecule has 1 atom stereocenters. The predicted molar refractivity (Wildman–Crippen MR) is 73.9 cm³/mol. The summed E-state index contributed by atoms with van der Waals surface area (Å²) in [5.41, 5.74) is 6.58. The molecule has 0 bridgehead atoms. The second-order valence-electron chi connectivity index (χ2n) is 4.61. The molecular weight excluding hydrogens is 244 g/mol. The molecule has 0 radical (unpaired) electrons. The van der Waals surface area contributed by atoms with E-state index in [-0.39, 0.29) is 12.0 Å². The lowest BCUT2D eigenvalue weighted by Gasteiger charge is -2.36. The molecule has 1 amide bonds. The van der Waals surface area contributed by atoms with Crippen molar-refractivity contribution in [2.75, 3.05) is 43.9 Å². The van der Waals surface area contributed by atoms with Gasteiger partial charge >= 0.3 is 0 Å². The molecule has 0 spiro atoms. The smallest absolute Gasteiger partial charge is 0.251 e. The standard InChI is InChI=1S/C13H20N4O2/c1-10(19-2)13(18)17-8-6-16(7-9-17)12-11(14)4-3-5-15-12/h3-5,10H,6-9,14H2,1-2H3. The van der Waals surface area contributed by atoms with E-state index in [1.807, 2.05) is 17.0 Å². The van der Waals surface area contributed by atoms with Gasteiger partial charge in [0.25, 0.3) is 5.91 Å². The molecule has 1 fully saturated rings. The second kappa shape index (κ2) is 5.88. The molecule has 2 heterocycles. The second-order valence-corrected chi connectivity index (χ2v) is 4.61. The van der Waals surface area contributed by atoms with Gasteiger partial charge < -0.3 is 20.3 Å². The van der Waals surface area contributed by atoms with Crippen molar-refractivity contribution >= 4 is 17.4 Å². The van der Waals surface area contributed by atoms with Crippen molar-refractivity contribution in [3.8, 4) is 0 Å². The predicted octanol–water partition coefficient (Wildman–Crippen LogP) is 0.347.